The average Bonchev–Trinajstić information content (AvgIpc) is 2.72. The summed E-state index contributed by atoms with van der Waals surface area (Å²) >= 11 is 5.92. The molecule has 0 aliphatic carbocycles. The molecule has 28 heavy (non-hydrogen) atoms. The number of aliphatic hydroxyl groups is 1. The largest absolute Gasteiger partial charge is 0.384 e. The van der Waals surface area contributed by atoms with Crippen LogP contribution in [-0.4, -0.2) is 22.5 Å². The van der Waals surface area contributed by atoms with Crippen molar-refractivity contribution in [2.24, 2.45) is 0 Å². The second kappa shape index (κ2) is 9.00. The van der Waals surface area contributed by atoms with Gasteiger partial charge in [0.05, 0.1) is 12.5 Å². The number of amides is 1. The number of rotatable bonds is 7. The van der Waals surface area contributed by atoms with Crippen LogP contribution in [0, 0.1) is 0 Å². The average molecular weight is 395 g/mol. The molecule has 0 radical (unpaired) electrons. The fourth-order valence-electron chi connectivity index (χ4n) is 3.07. The van der Waals surface area contributed by atoms with Gasteiger partial charge < -0.3 is 10.4 Å². The molecule has 1 amide bonds. The van der Waals surface area contributed by atoms with E-state index in [1.807, 2.05) is 48.5 Å². The van der Waals surface area contributed by atoms with E-state index in [9.17, 15) is 9.90 Å². The zero-order chi connectivity index (χ0) is 20.0. The summed E-state index contributed by atoms with van der Waals surface area (Å²) in [6, 6.07) is 22.3. The maximum atomic E-state index is 13.0. The number of nitrogens with one attached hydrogen (secondary N) is 1. The molecule has 0 saturated heterocycles. The summed E-state index contributed by atoms with van der Waals surface area (Å²) in [5.74, 6) is -0.539. The summed E-state index contributed by atoms with van der Waals surface area (Å²) in [7, 11) is 0. The van der Waals surface area contributed by atoms with Crippen molar-refractivity contribution in [1.82, 2.24) is 10.3 Å². The van der Waals surface area contributed by atoms with Crippen molar-refractivity contribution in [2.75, 3.05) is 6.54 Å². The van der Waals surface area contributed by atoms with Gasteiger partial charge in [0.2, 0.25) is 5.91 Å². The molecule has 0 aliphatic rings. The van der Waals surface area contributed by atoms with Crippen LogP contribution in [-0.2, 0) is 16.8 Å². The summed E-state index contributed by atoms with van der Waals surface area (Å²) < 4.78 is 0. The van der Waals surface area contributed by atoms with Gasteiger partial charge in [-0.15, -0.1) is 0 Å². The zero-order valence-corrected chi connectivity index (χ0v) is 16.4. The highest BCUT2D eigenvalue weighted by Crippen LogP contribution is 2.24. The van der Waals surface area contributed by atoms with E-state index < -0.39 is 11.5 Å². The number of benzene rings is 2. The van der Waals surface area contributed by atoms with Gasteiger partial charge in [-0.3, -0.25) is 9.78 Å². The van der Waals surface area contributed by atoms with Gasteiger partial charge in [-0.2, -0.15) is 0 Å². The molecule has 2 N–H and O–H groups in total. The molecular weight excluding hydrogens is 372 g/mol. The first-order chi connectivity index (χ1) is 13.5. The second-order valence-corrected chi connectivity index (χ2v) is 7.42. The number of aromatic nitrogens is 1. The molecule has 2 unspecified atom stereocenters. The van der Waals surface area contributed by atoms with Crippen LogP contribution < -0.4 is 5.32 Å². The fraction of sp³-hybridized carbons (Fsp3) is 0.217. The van der Waals surface area contributed by atoms with E-state index >= 15 is 0 Å². The van der Waals surface area contributed by atoms with Gasteiger partial charge in [0.15, 0.2) is 0 Å². The molecule has 3 rings (SSSR count). The lowest BCUT2D eigenvalue weighted by Crippen LogP contribution is -2.41. The monoisotopic (exact) mass is 394 g/mol. The highest BCUT2D eigenvalue weighted by molar-refractivity contribution is 6.30. The minimum Gasteiger partial charge on any atom is -0.384 e. The predicted octanol–water partition coefficient (Wildman–Crippen LogP) is 4.09. The van der Waals surface area contributed by atoms with Crippen molar-refractivity contribution < 1.29 is 9.90 Å². The summed E-state index contributed by atoms with van der Waals surface area (Å²) in [5.41, 5.74) is 1.25. The van der Waals surface area contributed by atoms with Crippen LogP contribution in [0.25, 0.3) is 0 Å². The van der Waals surface area contributed by atoms with Crippen molar-refractivity contribution in [2.45, 2.75) is 24.9 Å². The van der Waals surface area contributed by atoms with E-state index in [1.165, 1.54) is 0 Å². The molecule has 3 aromatic rings. The highest BCUT2D eigenvalue weighted by Gasteiger charge is 2.27. The Morgan fingerprint density at radius 3 is 2.39 bits per heavy atom. The predicted molar refractivity (Wildman–Crippen MR) is 111 cm³/mol. The molecule has 4 nitrogen and oxygen atoms in total. The van der Waals surface area contributed by atoms with Crippen LogP contribution in [0.1, 0.15) is 29.7 Å². The van der Waals surface area contributed by atoms with E-state index in [0.717, 1.165) is 11.3 Å². The number of halogens is 1. The third-order valence-corrected chi connectivity index (χ3v) is 4.98. The summed E-state index contributed by atoms with van der Waals surface area (Å²) in [4.78, 5) is 17.4. The standard InChI is InChI=1S/C23H23ClN2O2/c1-23(28,18-10-12-19(24)13-11-18)16-26-22(27)21(17-7-3-2-4-8-17)15-20-9-5-6-14-25-20/h2-14,21,28H,15-16H2,1H3,(H,26,27). The molecule has 2 aromatic carbocycles. The van der Waals surface area contributed by atoms with Gasteiger partial charge in [0.1, 0.15) is 5.60 Å². The molecule has 0 saturated carbocycles. The number of carbonyl (C=O) groups excluding carboxylic acids is 1. The number of carbonyl (C=O) groups is 1. The lowest BCUT2D eigenvalue weighted by atomic mass is 9.92. The normalized spacial score (nSPS) is 14.1. The molecule has 0 spiro atoms. The smallest absolute Gasteiger partial charge is 0.228 e. The van der Waals surface area contributed by atoms with Crippen molar-refractivity contribution >= 4 is 17.5 Å². The first kappa shape index (κ1) is 20.1. The van der Waals surface area contributed by atoms with Gasteiger partial charge in [0.25, 0.3) is 0 Å². The molecule has 1 aromatic heterocycles. The lowest BCUT2D eigenvalue weighted by Gasteiger charge is -2.26. The molecule has 2 atom stereocenters. The number of nitrogens with zero attached hydrogens (tertiary/aromatic N) is 1. The van der Waals surface area contributed by atoms with Crippen molar-refractivity contribution in [3.05, 3.63) is 101 Å². The van der Waals surface area contributed by atoms with Crippen molar-refractivity contribution in [3.8, 4) is 0 Å². The first-order valence-electron chi connectivity index (χ1n) is 9.17. The Morgan fingerprint density at radius 1 is 1.07 bits per heavy atom. The Morgan fingerprint density at radius 2 is 1.75 bits per heavy atom. The fourth-order valence-corrected chi connectivity index (χ4v) is 3.19. The number of hydrogen-bond acceptors (Lipinski definition) is 3. The van der Waals surface area contributed by atoms with Crippen LogP contribution in [0.4, 0.5) is 0 Å². The third-order valence-electron chi connectivity index (χ3n) is 4.73. The van der Waals surface area contributed by atoms with Crippen LogP contribution in [0.3, 0.4) is 0 Å². The number of hydrogen-bond donors (Lipinski definition) is 2. The third kappa shape index (κ3) is 5.18. The molecular formula is C23H23ClN2O2. The zero-order valence-electron chi connectivity index (χ0n) is 15.7. The second-order valence-electron chi connectivity index (χ2n) is 6.99. The summed E-state index contributed by atoms with van der Waals surface area (Å²) in [6.45, 7) is 1.77. The maximum Gasteiger partial charge on any atom is 0.228 e. The summed E-state index contributed by atoms with van der Waals surface area (Å²) in [5, 5.41) is 14.3. The molecule has 0 aliphatic heterocycles. The topological polar surface area (TPSA) is 62.2 Å². The van der Waals surface area contributed by atoms with Gasteiger partial charge in [-0.05, 0) is 42.3 Å². The van der Waals surface area contributed by atoms with Gasteiger partial charge in [0, 0.05) is 23.3 Å². The van der Waals surface area contributed by atoms with E-state index in [2.05, 4.69) is 10.3 Å². The lowest BCUT2D eigenvalue weighted by molar-refractivity contribution is -0.123. The molecule has 0 bridgehead atoms. The Kier molecular flexibility index (Phi) is 6.45. The van der Waals surface area contributed by atoms with E-state index in [0.29, 0.717) is 17.0 Å². The number of pyridine rings is 1. The summed E-state index contributed by atoms with van der Waals surface area (Å²) in [6.07, 6.45) is 2.21. The van der Waals surface area contributed by atoms with Crippen LogP contribution in [0.5, 0.6) is 0 Å². The Labute approximate surface area is 170 Å². The molecule has 0 fully saturated rings. The van der Waals surface area contributed by atoms with Crippen LogP contribution in [0.2, 0.25) is 5.02 Å². The highest BCUT2D eigenvalue weighted by atomic mass is 35.5. The molecule has 144 valence electrons. The van der Waals surface area contributed by atoms with Gasteiger partial charge in [-0.25, -0.2) is 0 Å². The van der Waals surface area contributed by atoms with Gasteiger partial charge in [-0.1, -0.05) is 60.1 Å². The molecule has 5 heteroatoms. The van der Waals surface area contributed by atoms with Crippen LogP contribution >= 0.6 is 11.6 Å². The minimum absolute atomic E-state index is 0.0962. The Bertz CT molecular complexity index is 897. The quantitative estimate of drug-likeness (QED) is 0.634. The van der Waals surface area contributed by atoms with E-state index in [4.69, 9.17) is 11.6 Å². The minimum atomic E-state index is -1.20. The van der Waals surface area contributed by atoms with E-state index in [1.54, 1.807) is 37.4 Å². The Balaban J connectivity index is 1.74. The SMILES string of the molecule is CC(O)(CNC(=O)C(Cc1ccccn1)c1ccccc1)c1ccc(Cl)cc1. The van der Waals surface area contributed by atoms with Crippen LogP contribution in [0.15, 0.2) is 79.0 Å². The maximum absolute atomic E-state index is 13.0. The van der Waals surface area contributed by atoms with Gasteiger partial charge >= 0.3 is 0 Å². The Hall–Kier alpha value is -2.69. The van der Waals surface area contributed by atoms with E-state index in [-0.39, 0.29) is 12.5 Å². The first-order valence-corrected chi connectivity index (χ1v) is 9.54. The van der Waals surface area contributed by atoms with Crippen molar-refractivity contribution in [3.63, 3.8) is 0 Å². The molecule has 1 heterocycles. The van der Waals surface area contributed by atoms with Crippen molar-refractivity contribution in [1.29, 1.82) is 0 Å².